The predicted octanol–water partition coefficient (Wildman–Crippen LogP) is 2.89. The maximum Gasteiger partial charge on any atom is 0.166 e. The first-order valence-electron chi connectivity index (χ1n) is 7.40. The van der Waals surface area contributed by atoms with E-state index in [0.29, 0.717) is 6.54 Å². The number of carbonyl (C=O) groups is 1. The largest absolute Gasteiger partial charge is 0.308 e. The second kappa shape index (κ2) is 6.65. The summed E-state index contributed by atoms with van der Waals surface area (Å²) < 4.78 is 0. The molecule has 0 aromatic heterocycles. The fourth-order valence-corrected chi connectivity index (χ4v) is 5.51. The Morgan fingerprint density at radius 2 is 1.68 bits per heavy atom. The van der Waals surface area contributed by atoms with Crippen LogP contribution in [0.15, 0.2) is 0 Å². The lowest BCUT2D eigenvalue weighted by atomic mass is 9.99. The van der Waals surface area contributed by atoms with Crippen LogP contribution in [0.5, 0.6) is 0 Å². The van der Waals surface area contributed by atoms with Crippen molar-refractivity contribution in [2.45, 2.75) is 57.8 Å². The van der Waals surface area contributed by atoms with Gasteiger partial charge in [0.15, 0.2) is 5.78 Å². The van der Waals surface area contributed by atoms with Crippen molar-refractivity contribution in [1.29, 1.82) is 0 Å². The van der Waals surface area contributed by atoms with Crippen LogP contribution in [0.25, 0.3) is 0 Å². The van der Waals surface area contributed by atoms with Gasteiger partial charge < -0.3 is 5.32 Å². The van der Waals surface area contributed by atoms with Crippen LogP contribution < -0.4 is 5.32 Å². The Morgan fingerprint density at radius 3 is 2.16 bits per heavy atom. The van der Waals surface area contributed by atoms with E-state index in [1.54, 1.807) is 0 Å². The third-order valence-corrected chi connectivity index (χ3v) is 8.37. The Kier molecular flexibility index (Phi) is 5.97. The van der Waals surface area contributed by atoms with Crippen molar-refractivity contribution in [3.8, 4) is 0 Å². The molecule has 0 unspecified atom stereocenters. The summed E-state index contributed by atoms with van der Waals surface area (Å²) in [4.78, 5) is 14.6. The normalized spacial score (nSPS) is 18.9. The highest BCUT2D eigenvalue weighted by atomic mass is 31.1. The predicted molar refractivity (Wildman–Crippen MR) is 85.4 cm³/mol. The Labute approximate surface area is 120 Å². The SMILES string of the molecule is CNC(C)(C)C(=O)CN(C)C(C)(C)P1CCCCC1. The van der Waals surface area contributed by atoms with Gasteiger partial charge in [0, 0.05) is 5.28 Å². The summed E-state index contributed by atoms with van der Waals surface area (Å²) in [6.07, 6.45) is 6.88. The van der Waals surface area contributed by atoms with Gasteiger partial charge in [0.25, 0.3) is 0 Å². The third kappa shape index (κ3) is 4.24. The molecule has 0 spiro atoms. The van der Waals surface area contributed by atoms with E-state index >= 15 is 0 Å². The lowest BCUT2D eigenvalue weighted by Crippen LogP contribution is -2.52. The van der Waals surface area contributed by atoms with Crippen LogP contribution >= 0.6 is 7.92 Å². The number of hydrogen-bond acceptors (Lipinski definition) is 3. The number of nitrogens with zero attached hydrogens (tertiary/aromatic N) is 1. The third-order valence-electron chi connectivity index (χ3n) is 4.77. The Morgan fingerprint density at radius 1 is 1.16 bits per heavy atom. The van der Waals surface area contributed by atoms with Crippen molar-refractivity contribution in [2.75, 3.05) is 33.0 Å². The molecule has 0 aromatic carbocycles. The van der Waals surface area contributed by atoms with Gasteiger partial charge in [-0.1, -0.05) is 14.3 Å². The van der Waals surface area contributed by atoms with Crippen molar-refractivity contribution in [1.82, 2.24) is 10.2 Å². The van der Waals surface area contributed by atoms with Gasteiger partial charge in [-0.05, 0) is 67.0 Å². The first-order chi connectivity index (χ1) is 8.71. The van der Waals surface area contributed by atoms with Crippen LogP contribution in [0.4, 0.5) is 0 Å². The number of nitrogens with one attached hydrogen (secondary N) is 1. The van der Waals surface area contributed by atoms with Crippen LogP contribution in [-0.4, -0.2) is 54.5 Å². The van der Waals surface area contributed by atoms with E-state index in [-0.39, 0.29) is 19.0 Å². The van der Waals surface area contributed by atoms with E-state index in [9.17, 15) is 4.79 Å². The molecule has 0 aliphatic carbocycles. The molecule has 1 N–H and O–H groups in total. The standard InChI is InChI=1S/C15H31N2OP/c1-14(2,16-5)13(18)12-17(6)15(3,4)19-10-8-7-9-11-19/h16H,7-12H2,1-6H3. The van der Waals surface area contributed by atoms with Crippen molar-refractivity contribution in [2.24, 2.45) is 0 Å². The van der Waals surface area contributed by atoms with Gasteiger partial charge in [-0.2, -0.15) is 0 Å². The minimum Gasteiger partial charge on any atom is -0.308 e. The van der Waals surface area contributed by atoms with Gasteiger partial charge in [0.1, 0.15) is 0 Å². The van der Waals surface area contributed by atoms with E-state index in [4.69, 9.17) is 0 Å². The minimum atomic E-state index is -0.426. The van der Waals surface area contributed by atoms with Crippen LogP contribution in [0.3, 0.4) is 0 Å². The second-order valence-electron chi connectivity index (χ2n) is 6.70. The van der Waals surface area contributed by atoms with E-state index in [0.717, 1.165) is 0 Å². The van der Waals surface area contributed by atoms with Gasteiger partial charge in [-0.25, -0.2) is 0 Å². The van der Waals surface area contributed by atoms with Crippen LogP contribution in [0.1, 0.15) is 47.0 Å². The summed E-state index contributed by atoms with van der Waals surface area (Å²) in [6.45, 7) is 9.11. The first kappa shape index (κ1) is 17.1. The van der Waals surface area contributed by atoms with E-state index in [1.165, 1.54) is 31.6 Å². The smallest absolute Gasteiger partial charge is 0.166 e. The zero-order chi connectivity index (χ0) is 14.7. The molecule has 3 nitrogen and oxygen atoms in total. The molecule has 1 rings (SSSR count). The Hall–Kier alpha value is 0.0200. The summed E-state index contributed by atoms with van der Waals surface area (Å²) >= 11 is 0. The number of hydrogen-bond donors (Lipinski definition) is 1. The lowest BCUT2D eigenvalue weighted by molar-refractivity contribution is -0.125. The first-order valence-corrected chi connectivity index (χ1v) is 9.11. The molecular weight excluding hydrogens is 255 g/mol. The molecule has 1 saturated heterocycles. The molecule has 19 heavy (non-hydrogen) atoms. The van der Waals surface area contributed by atoms with Crippen molar-refractivity contribution >= 4 is 13.7 Å². The molecule has 4 heteroatoms. The van der Waals surface area contributed by atoms with Crippen LogP contribution in [-0.2, 0) is 4.79 Å². The van der Waals surface area contributed by atoms with Gasteiger partial charge >= 0.3 is 0 Å². The summed E-state index contributed by atoms with van der Waals surface area (Å²) in [7, 11) is 4.00. The fraction of sp³-hybridized carbons (Fsp3) is 0.933. The molecule has 0 saturated carbocycles. The quantitative estimate of drug-likeness (QED) is 0.762. The van der Waals surface area contributed by atoms with Gasteiger partial charge in [-0.3, -0.25) is 9.69 Å². The van der Waals surface area contributed by atoms with Crippen molar-refractivity contribution in [3.63, 3.8) is 0 Å². The molecule has 0 radical (unpaired) electrons. The highest BCUT2D eigenvalue weighted by molar-refractivity contribution is 7.59. The van der Waals surface area contributed by atoms with Crippen molar-refractivity contribution in [3.05, 3.63) is 0 Å². The van der Waals surface area contributed by atoms with Crippen LogP contribution in [0.2, 0.25) is 0 Å². The molecule has 1 fully saturated rings. The highest BCUT2D eigenvalue weighted by Crippen LogP contribution is 2.54. The molecule has 1 aliphatic rings. The van der Waals surface area contributed by atoms with Gasteiger partial charge in [-0.15, -0.1) is 0 Å². The zero-order valence-electron chi connectivity index (χ0n) is 13.5. The minimum absolute atomic E-state index is 0.0282. The zero-order valence-corrected chi connectivity index (χ0v) is 14.4. The number of ketones is 1. The second-order valence-corrected chi connectivity index (χ2v) is 9.76. The maximum absolute atomic E-state index is 12.3. The average Bonchev–Trinajstić information content (AvgIpc) is 2.39. The van der Waals surface area contributed by atoms with E-state index < -0.39 is 5.54 Å². The van der Waals surface area contributed by atoms with E-state index in [2.05, 4.69) is 31.1 Å². The maximum atomic E-state index is 12.3. The van der Waals surface area contributed by atoms with Gasteiger partial charge in [0.05, 0.1) is 12.1 Å². The molecule has 112 valence electrons. The Balaban J connectivity index is 2.65. The molecule has 1 heterocycles. The Bertz CT molecular complexity index is 309. The monoisotopic (exact) mass is 286 g/mol. The summed E-state index contributed by atoms with van der Waals surface area (Å²) in [5.74, 6) is 0.276. The molecule has 0 atom stereocenters. The average molecular weight is 286 g/mol. The van der Waals surface area contributed by atoms with Gasteiger partial charge in [0.2, 0.25) is 0 Å². The topological polar surface area (TPSA) is 32.3 Å². The number of Topliss-reactive ketones (excluding diaryl/α,β-unsaturated/α-hetero) is 1. The summed E-state index contributed by atoms with van der Waals surface area (Å²) in [6, 6.07) is 0. The molecule has 0 amide bonds. The number of carbonyl (C=O) groups excluding carboxylic acids is 1. The summed E-state index contributed by atoms with van der Waals surface area (Å²) in [5.41, 5.74) is -0.426. The van der Waals surface area contributed by atoms with Crippen LogP contribution in [0, 0.1) is 0 Å². The molecule has 1 aliphatic heterocycles. The molecule has 0 bridgehead atoms. The fourth-order valence-electron chi connectivity index (χ4n) is 2.43. The van der Waals surface area contributed by atoms with E-state index in [1.807, 2.05) is 20.9 Å². The highest BCUT2D eigenvalue weighted by Gasteiger charge is 2.36. The van der Waals surface area contributed by atoms with Crippen molar-refractivity contribution < 1.29 is 4.79 Å². The molecular formula is C15H31N2OP. The number of rotatable bonds is 6. The number of likely N-dealkylation sites (N-methyl/N-ethyl adjacent to an activating group) is 2. The summed E-state index contributed by atoms with van der Waals surface area (Å²) in [5, 5.41) is 3.28. The lowest BCUT2D eigenvalue weighted by Gasteiger charge is -2.44. The molecule has 0 aromatic rings.